The van der Waals surface area contributed by atoms with Gasteiger partial charge in [0.25, 0.3) is 0 Å². The van der Waals surface area contributed by atoms with Gasteiger partial charge in [0.05, 0.1) is 10.7 Å². The van der Waals surface area contributed by atoms with Crippen LogP contribution in [-0.4, -0.2) is 20.2 Å². The van der Waals surface area contributed by atoms with Crippen LogP contribution in [-0.2, 0) is 0 Å². The van der Waals surface area contributed by atoms with Crippen LogP contribution in [0.4, 0.5) is 5.69 Å². The lowest BCUT2D eigenvalue weighted by molar-refractivity contribution is 0.787. The van der Waals surface area contributed by atoms with Crippen LogP contribution in [0.3, 0.4) is 0 Å². The van der Waals surface area contributed by atoms with E-state index in [-0.39, 0.29) is 0 Å². The van der Waals surface area contributed by atoms with Crippen molar-refractivity contribution >= 4 is 17.3 Å². The van der Waals surface area contributed by atoms with Crippen molar-refractivity contribution < 1.29 is 0 Å². The molecule has 5 nitrogen and oxygen atoms in total. The van der Waals surface area contributed by atoms with E-state index in [1.807, 2.05) is 50.2 Å². The van der Waals surface area contributed by atoms with E-state index in [2.05, 4.69) is 15.5 Å². The minimum Gasteiger partial charge on any atom is -0.398 e. The third-order valence-electron chi connectivity index (χ3n) is 3.40. The smallest absolute Gasteiger partial charge is 0.189 e. The maximum absolute atomic E-state index is 6.31. The quantitative estimate of drug-likeness (QED) is 0.738. The van der Waals surface area contributed by atoms with Gasteiger partial charge in [0, 0.05) is 11.3 Å². The minimum absolute atomic E-state index is 0.585. The molecule has 0 aliphatic carbocycles. The van der Waals surface area contributed by atoms with Crippen molar-refractivity contribution in [1.29, 1.82) is 0 Å². The Labute approximate surface area is 127 Å². The molecule has 21 heavy (non-hydrogen) atoms. The van der Waals surface area contributed by atoms with E-state index >= 15 is 0 Å². The Kier molecular flexibility index (Phi) is 3.35. The maximum atomic E-state index is 6.31. The summed E-state index contributed by atoms with van der Waals surface area (Å²) < 4.78 is 1.64. The van der Waals surface area contributed by atoms with Crippen molar-refractivity contribution in [2.45, 2.75) is 13.8 Å². The molecule has 0 aliphatic rings. The van der Waals surface area contributed by atoms with E-state index in [9.17, 15) is 0 Å². The summed E-state index contributed by atoms with van der Waals surface area (Å²) in [5, 5.41) is 12.6. The predicted molar refractivity (Wildman–Crippen MR) is 83.5 cm³/mol. The number of tetrazole rings is 1. The van der Waals surface area contributed by atoms with Gasteiger partial charge < -0.3 is 5.73 Å². The van der Waals surface area contributed by atoms with Crippen molar-refractivity contribution in [2.75, 3.05) is 5.73 Å². The summed E-state index contributed by atoms with van der Waals surface area (Å²) in [7, 11) is 0. The number of aryl methyl sites for hydroxylation is 2. The van der Waals surface area contributed by atoms with Crippen LogP contribution in [0.25, 0.3) is 17.1 Å². The number of nitrogens with two attached hydrogens (primary N) is 1. The third-order valence-corrected chi connectivity index (χ3v) is 3.70. The van der Waals surface area contributed by atoms with Gasteiger partial charge in [-0.3, -0.25) is 0 Å². The third kappa shape index (κ3) is 2.25. The molecular weight excluding hydrogens is 286 g/mol. The number of anilines is 1. The lowest BCUT2D eigenvalue weighted by Gasteiger charge is -2.12. The molecule has 0 spiro atoms. The predicted octanol–water partition coefficient (Wildman–Crippen LogP) is 3.18. The second kappa shape index (κ2) is 5.18. The molecule has 0 saturated heterocycles. The van der Waals surface area contributed by atoms with Gasteiger partial charge in [0.15, 0.2) is 5.82 Å². The SMILES string of the molecule is Cc1cccc(N)c1-c1nnnn1-c1c(C)cccc1Cl. The molecule has 0 unspecified atom stereocenters. The summed E-state index contributed by atoms with van der Waals surface area (Å²) in [6, 6.07) is 11.4. The number of aromatic nitrogens is 4. The number of hydrogen-bond donors (Lipinski definition) is 1. The van der Waals surface area contributed by atoms with Gasteiger partial charge in [-0.25, -0.2) is 0 Å². The molecule has 0 aliphatic heterocycles. The van der Waals surface area contributed by atoms with Crippen molar-refractivity contribution in [3.05, 3.63) is 52.5 Å². The fourth-order valence-corrected chi connectivity index (χ4v) is 2.68. The number of benzene rings is 2. The summed E-state index contributed by atoms with van der Waals surface area (Å²) in [5.41, 5.74) is 10.3. The van der Waals surface area contributed by atoms with Crippen molar-refractivity contribution in [1.82, 2.24) is 20.2 Å². The molecule has 0 saturated carbocycles. The van der Waals surface area contributed by atoms with Gasteiger partial charge in [-0.15, -0.1) is 5.10 Å². The van der Waals surface area contributed by atoms with Crippen molar-refractivity contribution in [2.24, 2.45) is 0 Å². The van der Waals surface area contributed by atoms with Crippen LogP contribution in [0.15, 0.2) is 36.4 Å². The molecule has 1 heterocycles. The van der Waals surface area contributed by atoms with Crippen LogP contribution in [0, 0.1) is 13.8 Å². The Morgan fingerprint density at radius 3 is 2.48 bits per heavy atom. The largest absolute Gasteiger partial charge is 0.398 e. The summed E-state index contributed by atoms with van der Waals surface area (Å²) in [6.45, 7) is 3.94. The van der Waals surface area contributed by atoms with Gasteiger partial charge in [-0.1, -0.05) is 35.9 Å². The highest BCUT2D eigenvalue weighted by Gasteiger charge is 2.18. The average Bonchev–Trinajstić information content (AvgIpc) is 2.87. The molecule has 6 heteroatoms. The fourth-order valence-electron chi connectivity index (χ4n) is 2.38. The van der Waals surface area contributed by atoms with Gasteiger partial charge in [0.1, 0.15) is 0 Å². The molecule has 0 bridgehead atoms. The molecule has 0 radical (unpaired) electrons. The highest BCUT2D eigenvalue weighted by atomic mass is 35.5. The van der Waals surface area contributed by atoms with Crippen LogP contribution >= 0.6 is 11.6 Å². The van der Waals surface area contributed by atoms with Gasteiger partial charge in [-0.2, -0.15) is 4.68 Å². The Morgan fingerprint density at radius 1 is 1.05 bits per heavy atom. The number of nitrogen functional groups attached to an aromatic ring is 1. The lowest BCUT2D eigenvalue weighted by atomic mass is 10.1. The molecule has 0 amide bonds. The van der Waals surface area contributed by atoms with Crippen LogP contribution in [0.5, 0.6) is 0 Å². The Morgan fingerprint density at radius 2 is 1.76 bits per heavy atom. The first-order valence-corrected chi connectivity index (χ1v) is 6.86. The van der Waals surface area contributed by atoms with E-state index in [0.29, 0.717) is 16.5 Å². The monoisotopic (exact) mass is 299 g/mol. The molecule has 2 aromatic carbocycles. The van der Waals surface area contributed by atoms with Crippen molar-refractivity contribution in [3.63, 3.8) is 0 Å². The number of rotatable bonds is 2. The molecule has 1 aromatic heterocycles. The zero-order chi connectivity index (χ0) is 15.0. The normalized spacial score (nSPS) is 10.8. The number of hydrogen-bond acceptors (Lipinski definition) is 4. The standard InChI is InChI=1S/C15H14ClN5/c1-9-5-4-8-12(17)13(9)15-18-19-20-21(15)14-10(2)6-3-7-11(14)16/h3-8H,17H2,1-2H3. The lowest BCUT2D eigenvalue weighted by Crippen LogP contribution is -2.05. The molecule has 3 rings (SSSR count). The summed E-state index contributed by atoms with van der Waals surface area (Å²) in [6.07, 6.45) is 0. The molecule has 2 N–H and O–H groups in total. The zero-order valence-electron chi connectivity index (χ0n) is 11.7. The molecule has 106 valence electrons. The molecule has 0 atom stereocenters. The first kappa shape index (κ1) is 13.6. The minimum atomic E-state index is 0.585. The first-order chi connectivity index (χ1) is 10.1. The van der Waals surface area contributed by atoms with E-state index in [1.165, 1.54) is 0 Å². The van der Waals surface area contributed by atoms with Gasteiger partial charge >= 0.3 is 0 Å². The molecule has 0 fully saturated rings. The van der Waals surface area contributed by atoms with E-state index < -0.39 is 0 Å². The topological polar surface area (TPSA) is 69.6 Å². The van der Waals surface area contributed by atoms with Crippen LogP contribution in [0.2, 0.25) is 5.02 Å². The van der Waals surface area contributed by atoms with E-state index in [0.717, 1.165) is 22.4 Å². The second-order valence-corrected chi connectivity index (χ2v) is 5.27. The Balaban J connectivity index is 2.28. The average molecular weight is 300 g/mol. The number of nitrogens with zero attached hydrogens (tertiary/aromatic N) is 4. The highest BCUT2D eigenvalue weighted by molar-refractivity contribution is 6.32. The van der Waals surface area contributed by atoms with E-state index in [1.54, 1.807) is 4.68 Å². The number of para-hydroxylation sites is 1. The fraction of sp³-hybridized carbons (Fsp3) is 0.133. The summed E-state index contributed by atoms with van der Waals surface area (Å²) in [4.78, 5) is 0. The van der Waals surface area contributed by atoms with E-state index in [4.69, 9.17) is 17.3 Å². The Hall–Kier alpha value is -2.40. The van der Waals surface area contributed by atoms with Gasteiger partial charge in [-0.05, 0) is 47.5 Å². The zero-order valence-corrected chi connectivity index (χ0v) is 12.5. The van der Waals surface area contributed by atoms with Gasteiger partial charge in [0.2, 0.25) is 0 Å². The first-order valence-electron chi connectivity index (χ1n) is 6.49. The van der Waals surface area contributed by atoms with Crippen molar-refractivity contribution in [3.8, 4) is 17.1 Å². The van der Waals surface area contributed by atoms with Crippen LogP contribution in [0.1, 0.15) is 11.1 Å². The number of halogens is 1. The second-order valence-electron chi connectivity index (χ2n) is 4.86. The Bertz CT molecular complexity index is 703. The highest BCUT2D eigenvalue weighted by Crippen LogP contribution is 2.31. The molecular formula is C15H14ClN5. The maximum Gasteiger partial charge on any atom is 0.189 e. The molecule has 3 aromatic rings. The van der Waals surface area contributed by atoms with Crippen LogP contribution < -0.4 is 5.73 Å². The summed E-state index contributed by atoms with van der Waals surface area (Å²) >= 11 is 6.31. The summed E-state index contributed by atoms with van der Waals surface area (Å²) in [5.74, 6) is 0.585.